The van der Waals surface area contributed by atoms with E-state index in [1.807, 2.05) is 6.20 Å². The van der Waals surface area contributed by atoms with Crippen molar-refractivity contribution < 1.29 is 0 Å². The lowest BCUT2D eigenvalue weighted by Gasteiger charge is -2.43. The number of hydrazine groups is 1. The van der Waals surface area contributed by atoms with Crippen LogP contribution in [0.25, 0.3) is 0 Å². The maximum atomic E-state index is 5.92. The molecule has 5 heteroatoms. The summed E-state index contributed by atoms with van der Waals surface area (Å²) in [6.45, 7) is 4.31. The maximum Gasteiger partial charge on any atom is 0.0812 e. The van der Waals surface area contributed by atoms with Crippen LogP contribution in [0.1, 0.15) is 57.3 Å². The molecule has 1 fully saturated rings. The van der Waals surface area contributed by atoms with E-state index in [9.17, 15) is 0 Å². The molecule has 0 aliphatic heterocycles. The Balaban J connectivity index is 2.40. The third kappa shape index (κ3) is 2.42. The smallest absolute Gasteiger partial charge is 0.0812 e. The fourth-order valence-electron chi connectivity index (χ4n) is 3.48. The first kappa shape index (κ1) is 14.5. The number of nitrogens with two attached hydrogens (primary N) is 1. The molecule has 0 saturated heterocycles. The minimum Gasteiger partial charge on any atom is -0.302 e. The van der Waals surface area contributed by atoms with Gasteiger partial charge in [0.15, 0.2) is 0 Å². The molecule has 108 valence electrons. The molecule has 1 aliphatic carbocycles. The van der Waals surface area contributed by atoms with E-state index < -0.39 is 0 Å². The van der Waals surface area contributed by atoms with Gasteiger partial charge in [0.05, 0.1) is 11.7 Å². The summed E-state index contributed by atoms with van der Waals surface area (Å²) in [5.41, 5.74) is 4.35. The highest BCUT2D eigenvalue weighted by Gasteiger charge is 2.44. The number of aromatic nitrogens is 2. The van der Waals surface area contributed by atoms with E-state index in [-0.39, 0.29) is 11.6 Å². The number of nitrogens with one attached hydrogen (secondary N) is 1. The van der Waals surface area contributed by atoms with E-state index in [1.165, 1.54) is 31.4 Å². The van der Waals surface area contributed by atoms with Crippen LogP contribution in [-0.4, -0.2) is 34.3 Å². The van der Waals surface area contributed by atoms with Crippen LogP contribution in [-0.2, 0) is 0 Å². The highest BCUT2D eigenvalue weighted by molar-refractivity contribution is 5.17. The Labute approximate surface area is 116 Å². The summed E-state index contributed by atoms with van der Waals surface area (Å²) in [6, 6.07) is 2.56. The second kappa shape index (κ2) is 5.61. The summed E-state index contributed by atoms with van der Waals surface area (Å²) >= 11 is 0. The average Bonchev–Trinajstić information content (AvgIpc) is 2.99. The first-order chi connectivity index (χ1) is 9.03. The normalized spacial score (nSPS) is 20.4. The first-order valence-corrected chi connectivity index (χ1v) is 7.20. The molecule has 1 aromatic rings. The van der Waals surface area contributed by atoms with Crippen LogP contribution in [0.5, 0.6) is 0 Å². The van der Waals surface area contributed by atoms with Gasteiger partial charge >= 0.3 is 0 Å². The van der Waals surface area contributed by atoms with Gasteiger partial charge in [0, 0.05) is 17.8 Å². The number of nitrogens with zero attached hydrogens (tertiary/aromatic N) is 3. The van der Waals surface area contributed by atoms with Crippen molar-refractivity contribution >= 4 is 0 Å². The van der Waals surface area contributed by atoms with E-state index in [0.29, 0.717) is 6.04 Å². The van der Waals surface area contributed by atoms with E-state index >= 15 is 0 Å². The van der Waals surface area contributed by atoms with Crippen molar-refractivity contribution in [2.75, 3.05) is 14.1 Å². The molecule has 1 saturated carbocycles. The standard InChI is InChI=1S/C14H27N5/c1-11(2)19-12(7-10-16-19)13(17-15)14(18(3)4)8-5-6-9-14/h7,10-11,13,17H,5-6,8-9,15H2,1-4H3. The van der Waals surface area contributed by atoms with E-state index in [1.54, 1.807) is 0 Å². The molecule has 1 heterocycles. The molecule has 0 bridgehead atoms. The van der Waals surface area contributed by atoms with Crippen LogP contribution in [0, 0.1) is 0 Å². The zero-order valence-corrected chi connectivity index (χ0v) is 12.6. The average molecular weight is 265 g/mol. The lowest BCUT2D eigenvalue weighted by molar-refractivity contribution is 0.0994. The van der Waals surface area contributed by atoms with Crippen LogP contribution in [0.4, 0.5) is 0 Å². The predicted molar refractivity (Wildman–Crippen MR) is 77.6 cm³/mol. The number of likely N-dealkylation sites (N-methyl/N-ethyl adjacent to an activating group) is 1. The van der Waals surface area contributed by atoms with Crippen LogP contribution in [0.15, 0.2) is 12.3 Å². The summed E-state index contributed by atoms with van der Waals surface area (Å²) in [6.07, 6.45) is 6.77. The molecule has 1 unspecified atom stereocenters. The van der Waals surface area contributed by atoms with Crippen molar-refractivity contribution in [1.82, 2.24) is 20.1 Å². The Morgan fingerprint density at radius 3 is 2.47 bits per heavy atom. The van der Waals surface area contributed by atoms with Gasteiger partial charge in [-0.2, -0.15) is 5.10 Å². The van der Waals surface area contributed by atoms with Gasteiger partial charge in [-0.3, -0.25) is 10.5 Å². The fourth-order valence-corrected chi connectivity index (χ4v) is 3.48. The molecule has 0 spiro atoms. The van der Waals surface area contributed by atoms with Crippen molar-refractivity contribution in [1.29, 1.82) is 0 Å². The Bertz CT molecular complexity index is 404. The van der Waals surface area contributed by atoms with E-state index in [2.05, 4.69) is 54.1 Å². The third-order valence-corrected chi connectivity index (χ3v) is 4.55. The van der Waals surface area contributed by atoms with Crippen LogP contribution < -0.4 is 11.3 Å². The van der Waals surface area contributed by atoms with Crippen molar-refractivity contribution in [2.45, 2.75) is 57.2 Å². The van der Waals surface area contributed by atoms with Crippen molar-refractivity contribution in [2.24, 2.45) is 5.84 Å². The second-order valence-corrected chi connectivity index (χ2v) is 6.10. The van der Waals surface area contributed by atoms with Gasteiger partial charge in [-0.15, -0.1) is 0 Å². The summed E-state index contributed by atoms with van der Waals surface area (Å²) in [7, 11) is 4.32. The molecule has 0 radical (unpaired) electrons. The van der Waals surface area contributed by atoms with Gasteiger partial charge in [-0.25, -0.2) is 5.43 Å². The van der Waals surface area contributed by atoms with Crippen LogP contribution in [0.2, 0.25) is 0 Å². The number of hydrogen-bond donors (Lipinski definition) is 2. The van der Waals surface area contributed by atoms with Crippen molar-refractivity contribution in [3.63, 3.8) is 0 Å². The minimum atomic E-state index is 0.0986. The highest BCUT2D eigenvalue weighted by Crippen LogP contribution is 2.43. The molecular formula is C14H27N5. The van der Waals surface area contributed by atoms with Gasteiger partial charge in [0.1, 0.15) is 0 Å². The topological polar surface area (TPSA) is 59.1 Å². The lowest BCUT2D eigenvalue weighted by atomic mass is 9.85. The molecule has 0 aromatic carbocycles. The first-order valence-electron chi connectivity index (χ1n) is 7.20. The molecule has 0 amide bonds. The van der Waals surface area contributed by atoms with Gasteiger partial charge in [0.2, 0.25) is 0 Å². The zero-order valence-electron chi connectivity index (χ0n) is 12.6. The number of rotatable bonds is 5. The molecular weight excluding hydrogens is 238 g/mol. The predicted octanol–water partition coefficient (Wildman–Crippen LogP) is 1.84. The second-order valence-electron chi connectivity index (χ2n) is 6.10. The van der Waals surface area contributed by atoms with Crippen LogP contribution in [0.3, 0.4) is 0 Å². The Morgan fingerprint density at radius 2 is 2.00 bits per heavy atom. The van der Waals surface area contributed by atoms with E-state index in [0.717, 1.165) is 0 Å². The van der Waals surface area contributed by atoms with Gasteiger partial charge in [-0.05, 0) is 46.9 Å². The minimum absolute atomic E-state index is 0.0986. The fraction of sp³-hybridized carbons (Fsp3) is 0.786. The van der Waals surface area contributed by atoms with Gasteiger partial charge in [0.25, 0.3) is 0 Å². The lowest BCUT2D eigenvalue weighted by Crippen LogP contribution is -2.54. The Kier molecular flexibility index (Phi) is 4.28. The zero-order chi connectivity index (χ0) is 14.0. The maximum absolute atomic E-state index is 5.92. The monoisotopic (exact) mass is 265 g/mol. The largest absolute Gasteiger partial charge is 0.302 e. The summed E-state index contributed by atoms with van der Waals surface area (Å²) in [4.78, 5) is 2.34. The molecule has 1 aliphatic rings. The van der Waals surface area contributed by atoms with Gasteiger partial charge < -0.3 is 4.90 Å². The molecule has 5 nitrogen and oxygen atoms in total. The van der Waals surface area contributed by atoms with Crippen LogP contribution >= 0.6 is 0 Å². The summed E-state index contributed by atoms with van der Waals surface area (Å²) in [5, 5.41) is 4.45. The molecule has 1 atom stereocenters. The Hall–Kier alpha value is -0.910. The van der Waals surface area contributed by atoms with Crippen molar-refractivity contribution in [3.8, 4) is 0 Å². The SMILES string of the molecule is CC(C)n1nccc1C(NN)C1(N(C)C)CCCC1. The quantitative estimate of drug-likeness (QED) is 0.630. The van der Waals surface area contributed by atoms with E-state index in [4.69, 9.17) is 5.84 Å². The summed E-state index contributed by atoms with van der Waals surface area (Å²) < 4.78 is 2.08. The van der Waals surface area contributed by atoms with Crippen molar-refractivity contribution in [3.05, 3.63) is 18.0 Å². The molecule has 19 heavy (non-hydrogen) atoms. The number of hydrogen-bond acceptors (Lipinski definition) is 4. The third-order valence-electron chi connectivity index (χ3n) is 4.55. The highest BCUT2D eigenvalue weighted by atomic mass is 15.4. The Morgan fingerprint density at radius 1 is 1.37 bits per heavy atom. The van der Waals surface area contributed by atoms with Gasteiger partial charge in [-0.1, -0.05) is 12.8 Å². The summed E-state index contributed by atoms with van der Waals surface area (Å²) in [5.74, 6) is 5.92. The molecule has 1 aromatic heterocycles. The molecule has 2 rings (SSSR count). The molecule has 3 N–H and O–H groups in total.